The third kappa shape index (κ3) is 3.87. The van der Waals surface area contributed by atoms with Crippen LogP contribution < -0.4 is 0 Å². The van der Waals surface area contributed by atoms with E-state index in [9.17, 15) is 0 Å². The first kappa shape index (κ1) is 27.2. The number of para-hydroxylation sites is 4. The molecule has 4 heteroatoms. The van der Waals surface area contributed by atoms with E-state index in [1.807, 2.05) is 12.1 Å². The molecule has 0 amide bonds. The molecule has 0 unspecified atom stereocenters. The molecule has 0 atom stereocenters. The van der Waals surface area contributed by atoms with Crippen LogP contribution in [0.25, 0.3) is 99.0 Å². The van der Waals surface area contributed by atoms with Crippen LogP contribution in [0.5, 0.6) is 0 Å². The number of benzene rings is 8. The molecule has 8 aromatic carbocycles. The smallest absolute Gasteiger partial charge is 0.165 e. The average molecular weight is 637 g/mol. The van der Waals surface area contributed by atoms with E-state index in [0.717, 1.165) is 50.3 Å². The first-order valence-corrected chi connectivity index (χ1v) is 17.0. The number of nitrogens with zero attached hydrogens (tertiary/aromatic N) is 4. The lowest BCUT2D eigenvalue weighted by atomic mass is 10.0. The molecule has 11 aromatic rings. The Hall–Kier alpha value is -6.78. The predicted octanol–water partition coefficient (Wildman–Crippen LogP) is 11.8. The zero-order valence-corrected chi connectivity index (χ0v) is 27.0. The molecule has 0 spiro atoms. The highest BCUT2D eigenvalue weighted by Gasteiger charge is 2.23. The summed E-state index contributed by atoms with van der Waals surface area (Å²) in [6.07, 6.45) is 0. The van der Waals surface area contributed by atoms with Gasteiger partial charge in [-0.1, -0.05) is 115 Å². The maximum Gasteiger partial charge on any atom is 0.165 e. The van der Waals surface area contributed by atoms with Gasteiger partial charge in [-0.05, 0) is 76.1 Å². The largest absolute Gasteiger partial charge is 0.309 e. The van der Waals surface area contributed by atoms with Gasteiger partial charge in [-0.25, -0.2) is 9.97 Å². The summed E-state index contributed by atoms with van der Waals surface area (Å²) in [5.41, 5.74) is 9.29. The summed E-state index contributed by atoms with van der Waals surface area (Å²) in [5.74, 6) is 0.816. The van der Waals surface area contributed by atoms with Crippen LogP contribution in [0.2, 0.25) is 0 Å². The lowest BCUT2D eigenvalue weighted by Gasteiger charge is -2.15. The van der Waals surface area contributed by atoms with Crippen LogP contribution in [0.15, 0.2) is 170 Å². The minimum absolute atomic E-state index is 0.816. The normalized spacial score (nSPS) is 12.0. The van der Waals surface area contributed by atoms with E-state index in [2.05, 4.69) is 167 Å². The molecule has 0 radical (unpaired) electrons. The van der Waals surface area contributed by atoms with Gasteiger partial charge in [-0.3, -0.25) is 4.57 Å². The van der Waals surface area contributed by atoms with Crippen LogP contribution in [-0.2, 0) is 0 Å². The zero-order valence-electron chi connectivity index (χ0n) is 27.0. The van der Waals surface area contributed by atoms with Gasteiger partial charge >= 0.3 is 0 Å². The lowest BCUT2D eigenvalue weighted by Crippen LogP contribution is -2.04. The van der Waals surface area contributed by atoms with Gasteiger partial charge in [0.25, 0.3) is 0 Å². The van der Waals surface area contributed by atoms with E-state index in [0.29, 0.717) is 0 Å². The first-order chi connectivity index (χ1) is 24.8. The molecule has 0 saturated carbocycles. The SMILES string of the molecule is c1ccc(-n2c3ccccc3c3cc4c5c6ccccc6ccc5n(-c5nc6ccccc6nc5-c5ccc6ccccc6c5)c4cc32)cc1. The van der Waals surface area contributed by atoms with E-state index in [4.69, 9.17) is 9.97 Å². The Kier molecular flexibility index (Phi) is 5.63. The fourth-order valence-corrected chi connectivity index (χ4v) is 8.01. The molecule has 0 saturated heterocycles. The highest BCUT2D eigenvalue weighted by Crippen LogP contribution is 2.43. The van der Waals surface area contributed by atoms with Crippen molar-refractivity contribution in [1.82, 2.24) is 19.1 Å². The number of aromatic nitrogens is 4. The van der Waals surface area contributed by atoms with Gasteiger partial charge in [0.15, 0.2) is 5.82 Å². The first-order valence-electron chi connectivity index (χ1n) is 17.0. The van der Waals surface area contributed by atoms with E-state index < -0.39 is 0 Å². The van der Waals surface area contributed by atoms with Crippen molar-refractivity contribution in [2.75, 3.05) is 0 Å². The number of rotatable bonds is 3. The highest BCUT2D eigenvalue weighted by atomic mass is 15.1. The van der Waals surface area contributed by atoms with Crippen molar-refractivity contribution in [1.29, 1.82) is 0 Å². The van der Waals surface area contributed by atoms with E-state index in [1.165, 1.54) is 48.6 Å². The summed E-state index contributed by atoms with van der Waals surface area (Å²) >= 11 is 0. The minimum atomic E-state index is 0.816. The van der Waals surface area contributed by atoms with Crippen molar-refractivity contribution in [3.05, 3.63) is 170 Å². The van der Waals surface area contributed by atoms with Gasteiger partial charge in [-0.15, -0.1) is 0 Å². The van der Waals surface area contributed by atoms with Gasteiger partial charge in [-0.2, -0.15) is 0 Å². The Balaban J connectivity index is 1.34. The maximum absolute atomic E-state index is 5.45. The summed E-state index contributed by atoms with van der Waals surface area (Å²) in [6, 6.07) is 60.7. The molecule has 0 aliphatic rings. The molecule has 0 N–H and O–H groups in total. The van der Waals surface area contributed by atoms with Gasteiger partial charge in [0, 0.05) is 32.8 Å². The second-order valence-corrected chi connectivity index (χ2v) is 13.0. The third-order valence-electron chi connectivity index (χ3n) is 10.2. The predicted molar refractivity (Wildman–Crippen MR) is 209 cm³/mol. The molecular formula is C46H28N4. The van der Waals surface area contributed by atoms with Gasteiger partial charge in [0.1, 0.15) is 5.69 Å². The Morgan fingerprint density at radius 2 is 1.02 bits per heavy atom. The van der Waals surface area contributed by atoms with Crippen LogP contribution in [0, 0.1) is 0 Å². The van der Waals surface area contributed by atoms with Crippen LogP contribution in [0.4, 0.5) is 0 Å². The van der Waals surface area contributed by atoms with E-state index in [-0.39, 0.29) is 0 Å². The molecule has 0 aliphatic carbocycles. The van der Waals surface area contributed by atoms with Crippen molar-refractivity contribution in [2.24, 2.45) is 0 Å². The number of fused-ring (bicyclic) bond motifs is 10. The van der Waals surface area contributed by atoms with Crippen LogP contribution in [0.1, 0.15) is 0 Å². The quantitative estimate of drug-likeness (QED) is 0.193. The van der Waals surface area contributed by atoms with E-state index in [1.54, 1.807) is 0 Å². The van der Waals surface area contributed by atoms with Crippen LogP contribution >= 0.6 is 0 Å². The van der Waals surface area contributed by atoms with Gasteiger partial charge in [0.05, 0.1) is 33.1 Å². The Labute approximate surface area is 287 Å². The summed E-state index contributed by atoms with van der Waals surface area (Å²) in [4.78, 5) is 10.8. The fraction of sp³-hybridized carbons (Fsp3) is 0. The van der Waals surface area contributed by atoms with E-state index >= 15 is 0 Å². The molecule has 50 heavy (non-hydrogen) atoms. The van der Waals surface area contributed by atoms with Crippen molar-refractivity contribution in [3.8, 4) is 22.8 Å². The Bertz CT molecular complexity index is 3150. The molecule has 0 aliphatic heterocycles. The molecular weight excluding hydrogens is 609 g/mol. The van der Waals surface area contributed by atoms with Crippen LogP contribution in [-0.4, -0.2) is 19.1 Å². The van der Waals surface area contributed by atoms with Gasteiger partial charge < -0.3 is 4.57 Å². The zero-order chi connectivity index (χ0) is 32.8. The summed E-state index contributed by atoms with van der Waals surface area (Å²) < 4.78 is 4.74. The molecule has 0 fully saturated rings. The second-order valence-electron chi connectivity index (χ2n) is 13.0. The van der Waals surface area contributed by atoms with Gasteiger partial charge in [0.2, 0.25) is 0 Å². The summed E-state index contributed by atoms with van der Waals surface area (Å²) in [7, 11) is 0. The monoisotopic (exact) mass is 636 g/mol. The number of hydrogen-bond donors (Lipinski definition) is 0. The number of hydrogen-bond acceptors (Lipinski definition) is 2. The van der Waals surface area contributed by atoms with Crippen molar-refractivity contribution in [2.45, 2.75) is 0 Å². The van der Waals surface area contributed by atoms with Crippen LogP contribution in [0.3, 0.4) is 0 Å². The van der Waals surface area contributed by atoms with Crippen molar-refractivity contribution in [3.63, 3.8) is 0 Å². The maximum atomic E-state index is 5.45. The highest BCUT2D eigenvalue weighted by molar-refractivity contribution is 6.25. The molecule has 232 valence electrons. The molecule has 4 nitrogen and oxygen atoms in total. The Morgan fingerprint density at radius 3 is 1.88 bits per heavy atom. The minimum Gasteiger partial charge on any atom is -0.309 e. The van der Waals surface area contributed by atoms with Crippen molar-refractivity contribution < 1.29 is 0 Å². The topological polar surface area (TPSA) is 35.6 Å². The molecule has 3 heterocycles. The Morgan fingerprint density at radius 1 is 0.360 bits per heavy atom. The summed E-state index contributed by atoms with van der Waals surface area (Å²) in [6.45, 7) is 0. The summed E-state index contributed by atoms with van der Waals surface area (Å²) in [5, 5.41) is 9.68. The average Bonchev–Trinajstić information content (AvgIpc) is 3.68. The fourth-order valence-electron chi connectivity index (χ4n) is 8.01. The molecule has 3 aromatic heterocycles. The lowest BCUT2D eigenvalue weighted by molar-refractivity contribution is 1.08. The standard InChI is InChI=1S/C46H28N4/c1-2-15-33(16-3-1)49-40-21-11-8-18-35(40)36-27-37-43(28-42(36)49)50(41-25-24-30-13-6-7-17-34(30)44(37)41)46-45(47-38-19-9-10-20-39(38)48-46)32-23-22-29-12-4-5-14-31(29)26-32/h1-28H. The third-order valence-corrected chi connectivity index (χ3v) is 10.2. The van der Waals surface area contributed by atoms with Crippen molar-refractivity contribution >= 4 is 76.2 Å². The second kappa shape index (κ2) is 10.4. The molecule has 0 bridgehead atoms. The molecule has 11 rings (SSSR count).